The van der Waals surface area contributed by atoms with Crippen molar-refractivity contribution >= 4 is 5.96 Å². The summed E-state index contributed by atoms with van der Waals surface area (Å²) in [5, 5.41) is 10.6. The maximum atomic E-state index is 5.54. The molecule has 0 amide bonds. The lowest BCUT2D eigenvalue weighted by atomic mass is 9.69. The Kier molecular flexibility index (Phi) is 6.95. The SMILES string of the molecule is CN=C(NCc1nc(C)no1)NCC1(c2ccc(OC)c(OC)c2)CCCCC1. The van der Waals surface area contributed by atoms with E-state index >= 15 is 0 Å². The van der Waals surface area contributed by atoms with Crippen LogP contribution in [-0.2, 0) is 12.0 Å². The van der Waals surface area contributed by atoms with Crippen molar-refractivity contribution in [1.29, 1.82) is 0 Å². The number of nitrogens with zero attached hydrogens (tertiary/aromatic N) is 3. The van der Waals surface area contributed by atoms with E-state index in [1.165, 1.54) is 24.8 Å². The molecule has 0 bridgehead atoms. The number of aromatic nitrogens is 2. The van der Waals surface area contributed by atoms with Crippen LogP contribution in [0.3, 0.4) is 0 Å². The van der Waals surface area contributed by atoms with Crippen molar-refractivity contribution in [2.24, 2.45) is 4.99 Å². The van der Waals surface area contributed by atoms with Gasteiger partial charge >= 0.3 is 0 Å². The quantitative estimate of drug-likeness (QED) is 0.544. The minimum atomic E-state index is 0.0243. The molecule has 0 unspecified atom stereocenters. The molecule has 1 heterocycles. The molecule has 0 spiro atoms. The van der Waals surface area contributed by atoms with Crippen LogP contribution in [0.5, 0.6) is 11.5 Å². The minimum absolute atomic E-state index is 0.0243. The highest BCUT2D eigenvalue weighted by Crippen LogP contribution is 2.42. The first kappa shape index (κ1) is 21.0. The number of aryl methyl sites for hydroxylation is 1. The predicted molar refractivity (Wildman–Crippen MR) is 112 cm³/mol. The summed E-state index contributed by atoms with van der Waals surface area (Å²) >= 11 is 0. The Hall–Kier alpha value is -2.77. The standard InChI is InChI=1S/C21H31N5O3/c1-15-25-19(29-26-15)13-23-20(22-2)24-14-21(10-6-5-7-11-21)16-8-9-17(27-3)18(12-16)28-4/h8-9,12H,5-7,10-11,13-14H2,1-4H3,(H2,22,23,24). The van der Waals surface area contributed by atoms with Gasteiger partial charge in [-0.3, -0.25) is 4.99 Å². The molecule has 1 fully saturated rings. The maximum absolute atomic E-state index is 5.54. The highest BCUT2D eigenvalue weighted by Gasteiger charge is 2.34. The molecule has 1 aromatic heterocycles. The predicted octanol–water partition coefficient (Wildman–Crippen LogP) is 2.96. The molecular formula is C21H31N5O3. The Morgan fingerprint density at radius 2 is 1.90 bits per heavy atom. The molecule has 0 atom stereocenters. The number of benzene rings is 1. The van der Waals surface area contributed by atoms with Crippen molar-refractivity contribution in [3.8, 4) is 11.5 Å². The van der Waals surface area contributed by atoms with Gasteiger partial charge in [-0.15, -0.1) is 0 Å². The van der Waals surface area contributed by atoms with Gasteiger partial charge in [0, 0.05) is 19.0 Å². The van der Waals surface area contributed by atoms with Gasteiger partial charge in [-0.25, -0.2) is 0 Å². The highest BCUT2D eigenvalue weighted by atomic mass is 16.5. The molecular weight excluding hydrogens is 370 g/mol. The molecule has 2 N–H and O–H groups in total. The number of hydrogen-bond donors (Lipinski definition) is 2. The lowest BCUT2D eigenvalue weighted by molar-refractivity contribution is 0.288. The Bertz CT molecular complexity index is 827. The van der Waals surface area contributed by atoms with Gasteiger partial charge in [0.25, 0.3) is 0 Å². The van der Waals surface area contributed by atoms with E-state index in [4.69, 9.17) is 14.0 Å². The average Bonchev–Trinajstić information content (AvgIpc) is 3.19. The molecule has 0 saturated heterocycles. The largest absolute Gasteiger partial charge is 0.493 e. The number of guanidine groups is 1. The van der Waals surface area contributed by atoms with Crippen molar-refractivity contribution in [3.63, 3.8) is 0 Å². The summed E-state index contributed by atoms with van der Waals surface area (Å²) in [7, 11) is 5.10. The smallest absolute Gasteiger partial charge is 0.246 e. The van der Waals surface area contributed by atoms with Crippen LogP contribution in [0.4, 0.5) is 0 Å². The second-order valence-electron chi connectivity index (χ2n) is 7.43. The number of hydrogen-bond acceptors (Lipinski definition) is 6. The fourth-order valence-electron chi connectivity index (χ4n) is 4.01. The molecule has 8 heteroatoms. The summed E-state index contributed by atoms with van der Waals surface area (Å²) in [6.07, 6.45) is 5.94. The summed E-state index contributed by atoms with van der Waals surface area (Å²) in [5.74, 6) is 3.40. The summed E-state index contributed by atoms with van der Waals surface area (Å²) in [4.78, 5) is 8.55. The zero-order chi connectivity index (χ0) is 20.7. The summed E-state index contributed by atoms with van der Waals surface area (Å²) in [6.45, 7) is 3.02. The topological polar surface area (TPSA) is 93.8 Å². The van der Waals surface area contributed by atoms with Crippen molar-refractivity contribution in [3.05, 3.63) is 35.5 Å². The van der Waals surface area contributed by atoms with Crippen molar-refractivity contribution in [2.75, 3.05) is 27.8 Å². The third kappa shape index (κ3) is 4.99. The van der Waals surface area contributed by atoms with Crippen molar-refractivity contribution in [2.45, 2.75) is 51.0 Å². The van der Waals surface area contributed by atoms with E-state index in [0.29, 0.717) is 24.2 Å². The Morgan fingerprint density at radius 1 is 1.14 bits per heavy atom. The van der Waals surface area contributed by atoms with Crippen LogP contribution in [0, 0.1) is 6.92 Å². The molecule has 158 valence electrons. The summed E-state index contributed by atoms with van der Waals surface area (Å²) in [5.41, 5.74) is 1.29. The van der Waals surface area contributed by atoms with E-state index < -0.39 is 0 Å². The third-order valence-corrected chi connectivity index (χ3v) is 5.60. The summed E-state index contributed by atoms with van der Waals surface area (Å²) < 4.78 is 16.1. The number of methoxy groups -OCH3 is 2. The van der Waals surface area contributed by atoms with Gasteiger partial charge in [0.1, 0.15) is 0 Å². The Balaban J connectivity index is 1.72. The third-order valence-electron chi connectivity index (χ3n) is 5.60. The number of nitrogens with one attached hydrogen (secondary N) is 2. The Labute approximate surface area is 172 Å². The molecule has 2 aromatic rings. The zero-order valence-corrected chi connectivity index (χ0v) is 17.7. The van der Waals surface area contributed by atoms with Gasteiger partial charge in [-0.05, 0) is 37.5 Å². The van der Waals surface area contributed by atoms with Crippen molar-refractivity contribution in [1.82, 2.24) is 20.8 Å². The minimum Gasteiger partial charge on any atom is -0.493 e. The van der Waals surface area contributed by atoms with Gasteiger partial charge in [-0.1, -0.05) is 30.5 Å². The molecule has 29 heavy (non-hydrogen) atoms. The molecule has 1 aliphatic carbocycles. The highest BCUT2D eigenvalue weighted by molar-refractivity contribution is 5.79. The molecule has 1 aliphatic rings. The van der Waals surface area contributed by atoms with Gasteiger partial charge < -0.3 is 24.6 Å². The molecule has 0 radical (unpaired) electrons. The van der Waals surface area contributed by atoms with Crippen LogP contribution in [-0.4, -0.2) is 43.9 Å². The molecule has 1 aromatic carbocycles. The lowest BCUT2D eigenvalue weighted by Crippen LogP contribution is -2.46. The maximum Gasteiger partial charge on any atom is 0.246 e. The van der Waals surface area contributed by atoms with E-state index in [0.717, 1.165) is 30.9 Å². The van der Waals surface area contributed by atoms with Crippen LogP contribution in [0.25, 0.3) is 0 Å². The van der Waals surface area contributed by atoms with Crippen molar-refractivity contribution < 1.29 is 14.0 Å². The first-order valence-electron chi connectivity index (χ1n) is 10.1. The molecule has 3 rings (SSSR count). The van der Waals surface area contributed by atoms with E-state index in [1.807, 2.05) is 6.07 Å². The van der Waals surface area contributed by atoms with E-state index in [9.17, 15) is 0 Å². The Morgan fingerprint density at radius 3 is 2.52 bits per heavy atom. The fourth-order valence-corrected chi connectivity index (χ4v) is 4.01. The van der Waals surface area contributed by atoms with Crippen LogP contribution in [0.2, 0.25) is 0 Å². The summed E-state index contributed by atoms with van der Waals surface area (Å²) in [6, 6.07) is 6.27. The second-order valence-corrected chi connectivity index (χ2v) is 7.43. The van der Waals surface area contributed by atoms with E-state index in [1.54, 1.807) is 28.2 Å². The van der Waals surface area contributed by atoms with Gasteiger partial charge in [0.15, 0.2) is 23.3 Å². The van der Waals surface area contributed by atoms with E-state index in [-0.39, 0.29) is 5.41 Å². The first-order valence-corrected chi connectivity index (χ1v) is 10.1. The second kappa shape index (κ2) is 9.62. The van der Waals surface area contributed by atoms with E-state index in [2.05, 4.69) is 37.9 Å². The van der Waals surface area contributed by atoms with Crippen LogP contribution in [0.1, 0.15) is 49.4 Å². The number of rotatable bonds is 7. The molecule has 0 aliphatic heterocycles. The molecule has 1 saturated carbocycles. The number of aliphatic imine (C=N–C) groups is 1. The van der Waals surface area contributed by atoms with Crippen LogP contribution in [0.15, 0.2) is 27.7 Å². The van der Waals surface area contributed by atoms with Crippen LogP contribution < -0.4 is 20.1 Å². The monoisotopic (exact) mass is 401 g/mol. The van der Waals surface area contributed by atoms with Gasteiger partial charge in [0.2, 0.25) is 5.89 Å². The normalized spacial score (nSPS) is 16.3. The van der Waals surface area contributed by atoms with Crippen LogP contribution >= 0.6 is 0 Å². The fraction of sp³-hybridized carbons (Fsp3) is 0.571. The first-order chi connectivity index (χ1) is 14.1. The lowest BCUT2D eigenvalue weighted by Gasteiger charge is -2.38. The average molecular weight is 402 g/mol. The van der Waals surface area contributed by atoms with Gasteiger partial charge in [0.05, 0.1) is 20.8 Å². The van der Waals surface area contributed by atoms with Gasteiger partial charge in [-0.2, -0.15) is 4.98 Å². The molecule has 8 nitrogen and oxygen atoms in total. The zero-order valence-electron chi connectivity index (χ0n) is 17.7. The number of ether oxygens (including phenoxy) is 2.